The van der Waals surface area contributed by atoms with E-state index in [-0.39, 0.29) is 23.1 Å². The molecule has 1 saturated heterocycles. The Morgan fingerprint density at radius 2 is 2.24 bits per heavy atom. The maximum Gasteiger partial charge on any atom is 0.364 e. The van der Waals surface area contributed by atoms with Crippen molar-refractivity contribution in [3.63, 3.8) is 0 Å². The van der Waals surface area contributed by atoms with Gasteiger partial charge < -0.3 is 13.7 Å². The van der Waals surface area contributed by atoms with Gasteiger partial charge in [0.1, 0.15) is 5.58 Å². The molecule has 1 fully saturated rings. The van der Waals surface area contributed by atoms with Crippen LogP contribution in [0.3, 0.4) is 0 Å². The van der Waals surface area contributed by atoms with Crippen LogP contribution in [0.1, 0.15) is 12.8 Å². The van der Waals surface area contributed by atoms with Gasteiger partial charge in [-0.25, -0.2) is 22.9 Å². The van der Waals surface area contributed by atoms with Gasteiger partial charge >= 0.3 is 5.63 Å². The van der Waals surface area contributed by atoms with Crippen LogP contribution in [0.5, 0.6) is 0 Å². The predicted octanol–water partition coefficient (Wildman–Crippen LogP) is 1.14. The van der Waals surface area contributed by atoms with E-state index < -0.39 is 15.6 Å². The molecule has 1 atom stereocenters. The fourth-order valence-electron chi connectivity index (χ4n) is 3.09. The summed E-state index contributed by atoms with van der Waals surface area (Å²) >= 11 is 0. The van der Waals surface area contributed by atoms with Crippen molar-refractivity contribution in [2.45, 2.75) is 23.8 Å². The molecule has 25 heavy (non-hydrogen) atoms. The molecule has 0 spiro atoms. The van der Waals surface area contributed by atoms with Crippen molar-refractivity contribution in [3.05, 3.63) is 34.9 Å². The lowest BCUT2D eigenvalue weighted by atomic mass is 10.2. The molecule has 4 rings (SSSR count). The molecular formula is C16H17N3O5S. The van der Waals surface area contributed by atoms with Gasteiger partial charge in [0, 0.05) is 25.6 Å². The lowest BCUT2D eigenvalue weighted by molar-refractivity contribution is 0.114. The number of ether oxygens (including phenoxy) is 1. The number of rotatable bonds is 4. The number of fused-ring (bicyclic) bond motifs is 3. The molecule has 0 unspecified atom stereocenters. The van der Waals surface area contributed by atoms with E-state index >= 15 is 0 Å². The molecule has 2 aromatic heterocycles. The molecule has 1 aliphatic heterocycles. The molecule has 8 nitrogen and oxygen atoms in total. The fourth-order valence-corrected chi connectivity index (χ4v) is 4.18. The molecule has 0 aliphatic carbocycles. The van der Waals surface area contributed by atoms with Crippen LogP contribution in [0.15, 0.2) is 38.6 Å². The summed E-state index contributed by atoms with van der Waals surface area (Å²) in [4.78, 5) is 16.1. The van der Waals surface area contributed by atoms with Crippen LogP contribution in [0.25, 0.3) is 22.0 Å². The number of imidazole rings is 1. The minimum Gasteiger partial charge on any atom is -0.421 e. The summed E-state index contributed by atoms with van der Waals surface area (Å²) in [5.41, 5.74) is 0.494. The minimum absolute atomic E-state index is 0.0861. The first kappa shape index (κ1) is 16.2. The summed E-state index contributed by atoms with van der Waals surface area (Å²) in [5, 5.41) is 0.523. The molecule has 1 aliphatic rings. The van der Waals surface area contributed by atoms with E-state index in [4.69, 9.17) is 9.15 Å². The predicted molar refractivity (Wildman–Crippen MR) is 90.9 cm³/mol. The van der Waals surface area contributed by atoms with Crippen molar-refractivity contribution in [2.24, 2.45) is 7.05 Å². The number of sulfonamides is 1. The Hall–Kier alpha value is -2.23. The van der Waals surface area contributed by atoms with E-state index in [1.54, 1.807) is 11.6 Å². The van der Waals surface area contributed by atoms with Crippen LogP contribution in [0.2, 0.25) is 0 Å². The van der Waals surface area contributed by atoms with Crippen LogP contribution in [-0.4, -0.2) is 37.2 Å². The number of aryl methyl sites for hydroxylation is 1. The van der Waals surface area contributed by atoms with Gasteiger partial charge in [0.25, 0.3) is 0 Å². The molecule has 3 aromatic rings. The van der Waals surface area contributed by atoms with Gasteiger partial charge in [-0.3, -0.25) is 0 Å². The van der Waals surface area contributed by atoms with Crippen molar-refractivity contribution in [1.82, 2.24) is 14.3 Å². The van der Waals surface area contributed by atoms with E-state index in [0.717, 1.165) is 12.8 Å². The number of nitrogens with zero attached hydrogens (tertiary/aromatic N) is 2. The third-order valence-corrected chi connectivity index (χ3v) is 5.80. The number of hydrogen-bond acceptors (Lipinski definition) is 6. The van der Waals surface area contributed by atoms with Crippen LogP contribution in [0, 0.1) is 0 Å². The monoisotopic (exact) mass is 363 g/mol. The van der Waals surface area contributed by atoms with Crippen molar-refractivity contribution in [2.75, 3.05) is 13.2 Å². The minimum atomic E-state index is -3.69. The van der Waals surface area contributed by atoms with Gasteiger partial charge in [-0.15, -0.1) is 0 Å². The Morgan fingerprint density at radius 1 is 1.40 bits per heavy atom. The summed E-state index contributed by atoms with van der Waals surface area (Å²) in [6, 6.07) is 4.41. The van der Waals surface area contributed by atoms with Gasteiger partial charge in [0.2, 0.25) is 10.0 Å². The van der Waals surface area contributed by atoms with Gasteiger partial charge in [-0.2, -0.15) is 0 Å². The number of benzene rings is 1. The van der Waals surface area contributed by atoms with Crippen molar-refractivity contribution in [3.8, 4) is 0 Å². The molecule has 0 radical (unpaired) electrons. The van der Waals surface area contributed by atoms with Gasteiger partial charge in [0.05, 0.1) is 22.8 Å². The highest BCUT2D eigenvalue weighted by Gasteiger charge is 2.21. The Bertz CT molecular complexity index is 1110. The first-order chi connectivity index (χ1) is 12.0. The summed E-state index contributed by atoms with van der Waals surface area (Å²) < 4.78 is 40.1. The van der Waals surface area contributed by atoms with Crippen LogP contribution in [0.4, 0.5) is 0 Å². The normalized spacial score (nSPS) is 18.4. The highest BCUT2D eigenvalue weighted by Crippen LogP contribution is 2.25. The summed E-state index contributed by atoms with van der Waals surface area (Å²) in [6.45, 7) is 0.908. The second kappa shape index (κ2) is 5.94. The SMILES string of the molecule is Cn1cnc2c(=O)oc3ccc(S(=O)(=O)NC[C@H]4CCCO4)cc3c21. The first-order valence-corrected chi connectivity index (χ1v) is 9.43. The molecule has 3 heterocycles. The molecule has 132 valence electrons. The smallest absolute Gasteiger partial charge is 0.364 e. The number of nitrogens with one attached hydrogen (secondary N) is 1. The summed E-state index contributed by atoms with van der Waals surface area (Å²) in [7, 11) is -1.95. The topological polar surface area (TPSA) is 103 Å². The standard InChI is InChI=1S/C16H17N3O5S/c1-19-9-17-14-15(19)12-7-11(4-5-13(12)24-16(14)20)25(21,22)18-8-10-3-2-6-23-10/h4-5,7,9-10,18H,2-3,6,8H2,1H3/t10-/m1/s1. The molecule has 0 saturated carbocycles. The average molecular weight is 363 g/mol. The zero-order valence-corrected chi connectivity index (χ0v) is 14.4. The zero-order chi connectivity index (χ0) is 17.6. The zero-order valence-electron chi connectivity index (χ0n) is 13.6. The van der Waals surface area contributed by atoms with Crippen LogP contribution >= 0.6 is 0 Å². The quantitative estimate of drug-likeness (QED) is 0.697. The lowest BCUT2D eigenvalue weighted by Crippen LogP contribution is -2.31. The van der Waals surface area contributed by atoms with E-state index in [1.165, 1.54) is 24.5 Å². The molecule has 0 amide bonds. The second-order valence-corrected chi connectivity index (χ2v) is 7.85. The van der Waals surface area contributed by atoms with Gasteiger partial charge in [-0.1, -0.05) is 0 Å². The molecule has 0 bridgehead atoms. The van der Waals surface area contributed by atoms with Crippen molar-refractivity contribution >= 4 is 32.0 Å². The van der Waals surface area contributed by atoms with E-state index in [1.807, 2.05) is 0 Å². The lowest BCUT2D eigenvalue weighted by Gasteiger charge is -2.12. The Morgan fingerprint density at radius 3 is 3.00 bits per heavy atom. The van der Waals surface area contributed by atoms with E-state index in [2.05, 4.69) is 9.71 Å². The highest BCUT2D eigenvalue weighted by molar-refractivity contribution is 7.89. The molecular weight excluding hydrogens is 346 g/mol. The van der Waals surface area contributed by atoms with Crippen LogP contribution in [-0.2, 0) is 21.8 Å². The second-order valence-electron chi connectivity index (χ2n) is 6.09. The maximum atomic E-state index is 12.6. The first-order valence-electron chi connectivity index (χ1n) is 7.95. The summed E-state index contributed by atoms with van der Waals surface area (Å²) in [6.07, 6.45) is 3.20. The van der Waals surface area contributed by atoms with E-state index in [9.17, 15) is 13.2 Å². The summed E-state index contributed by atoms with van der Waals surface area (Å²) in [5.74, 6) is 0. The van der Waals surface area contributed by atoms with Crippen molar-refractivity contribution < 1.29 is 17.6 Å². The van der Waals surface area contributed by atoms with Crippen LogP contribution < -0.4 is 10.3 Å². The third kappa shape index (κ3) is 2.84. The number of aromatic nitrogens is 2. The molecule has 1 N–H and O–H groups in total. The molecule has 9 heteroatoms. The number of hydrogen-bond donors (Lipinski definition) is 1. The largest absolute Gasteiger partial charge is 0.421 e. The Balaban J connectivity index is 1.77. The fraction of sp³-hybridized carbons (Fsp3) is 0.375. The van der Waals surface area contributed by atoms with Crippen molar-refractivity contribution in [1.29, 1.82) is 0 Å². The third-order valence-electron chi connectivity index (χ3n) is 4.37. The maximum absolute atomic E-state index is 12.6. The average Bonchev–Trinajstić information content (AvgIpc) is 3.23. The Kier molecular flexibility index (Phi) is 3.86. The van der Waals surface area contributed by atoms with Gasteiger partial charge in [-0.05, 0) is 31.0 Å². The highest BCUT2D eigenvalue weighted by atomic mass is 32.2. The Labute approximate surface area is 143 Å². The molecule has 1 aromatic carbocycles. The van der Waals surface area contributed by atoms with E-state index in [0.29, 0.717) is 23.1 Å². The van der Waals surface area contributed by atoms with Gasteiger partial charge in [0.15, 0.2) is 5.52 Å².